The molecule has 0 saturated heterocycles. The summed E-state index contributed by atoms with van der Waals surface area (Å²) in [5, 5.41) is 0. The van der Waals surface area contributed by atoms with Gasteiger partial charge >= 0.3 is 28.4 Å². The molecule has 3 heteroatoms. The molecule has 30 heavy (non-hydrogen) atoms. The Balaban J connectivity index is 0.000000186. The Kier molecular flexibility index (Phi) is 11.6. The van der Waals surface area contributed by atoms with Gasteiger partial charge in [0, 0.05) is 0 Å². The number of hydrogen-bond acceptors (Lipinski definition) is 0. The van der Waals surface area contributed by atoms with Crippen molar-refractivity contribution in [2.75, 3.05) is 0 Å². The summed E-state index contributed by atoms with van der Waals surface area (Å²) in [6.07, 6.45) is 35.5. The summed E-state index contributed by atoms with van der Waals surface area (Å²) in [6.45, 7) is 0. The molecule has 0 radical (unpaired) electrons. The van der Waals surface area contributed by atoms with Crippen LogP contribution in [0, 0.1) is 60.2 Å². The molecule has 0 nitrogen and oxygen atoms in total. The van der Waals surface area contributed by atoms with Gasteiger partial charge in [-0.3, -0.25) is 0 Å². The van der Waals surface area contributed by atoms with Crippen LogP contribution < -0.4 is 24.8 Å². The zero-order valence-electron chi connectivity index (χ0n) is 18.0. The number of rotatable bonds is 0. The summed E-state index contributed by atoms with van der Waals surface area (Å²) >= 11 is 1.30. The molecule has 8 unspecified atom stereocenters. The number of fused-ring (bicyclic) bond motifs is 6. The quantitative estimate of drug-likeness (QED) is 0.412. The fraction of sp³-hybridized carbons (Fsp3) is 0.593. The molecule has 0 N–H and O–H groups in total. The third-order valence-corrected chi connectivity index (χ3v) is 8.12. The normalized spacial score (nSPS) is 41.3. The van der Waals surface area contributed by atoms with Crippen molar-refractivity contribution < 1.29 is 49.0 Å². The number of allylic oxidation sites excluding steroid dienone is 8. The average molecular weight is 523 g/mol. The van der Waals surface area contributed by atoms with Crippen LogP contribution >= 0.6 is 0 Å². The smallest absolute Gasteiger partial charge is 1.00 e. The summed E-state index contributed by atoms with van der Waals surface area (Å²) in [5.41, 5.74) is 0. The van der Waals surface area contributed by atoms with Gasteiger partial charge < -0.3 is 37.7 Å². The predicted octanol–water partition coefficient (Wildman–Crippen LogP) is 0.711. The van der Waals surface area contributed by atoms with E-state index in [4.69, 9.17) is 0 Å². The minimum absolute atomic E-state index is 0. The first kappa shape index (κ1) is 26.5. The van der Waals surface area contributed by atoms with Gasteiger partial charge in [-0.15, -0.1) is 24.0 Å². The Morgan fingerprint density at radius 3 is 1.37 bits per heavy atom. The van der Waals surface area contributed by atoms with Crippen molar-refractivity contribution in [2.24, 2.45) is 47.3 Å². The van der Waals surface area contributed by atoms with Crippen LogP contribution in [0.25, 0.3) is 0 Å². The van der Waals surface area contributed by atoms with Gasteiger partial charge in [-0.1, -0.05) is 99.7 Å². The molecule has 0 aromatic rings. The van der Waals surface area contributed by atoms with Gasteiger partial charge in [0.05, 0.1) is 0 Å². The molecule has 0 aliphatic heterocycles. The Labute approximate surface area is 212 Å². The number of hydrogen-bond donors (Lipinski definition) is 0. The third-order valence-electron chi connectivity index (χ3n) is 8.12. The molecule has 6 aliphatic rings. The van der Waals surface area contributed by atoms with Crippen LogP contribution in [0.4, 0.5) is 0 Å². The second-order valence-corrected chi connectivity index (χ2v) is 9.46. The third kappa shape index (κ3) is 5.80. The Morgan fingerprint density at radius 2 is 0.933 bits per heavy atom. The average Bonchev–Trinajstić information content (AvgIpc) is 3.34. The van der Waals surface area contributed by atoms with Crippen molar-refractivity contribution in [3.8, 4) is 0 Å². The number of halogens is 2. The van der Waals surface area contributed by atoms with Crippen LogP contribution in [0.2, 0.25) is 0 Å². The van der Waals surface area contributed by atoms with Crippen LogP contribution in [-0.4, -0.2) is 4.21 Å². The predicted molar refractivity (Wildman–Crippen MR) is 117 cm³/mol. The van der Waals surface area contributed by atoms with E-state index < -0.39 is 0 Å². The van der Waals surface area contributed by atoms with E-state index in [-0.39, 0.29) is 24.8 Å². The minimum atomic E-state index is 0. The van der Waals surface area contributed by atoms with Gasteiger partial charge in [-0.25, -0.2) is 0 Å². The maximum atomic E-state index is 3.34. The largest absolute Gasteiger partial charge is 1.00 e. The van der Waals surface area contributed by atoms with Gasteiger partial charge in [0.15, 0.2) is 0 Å². The van der Waals surface area contributed by atoms with E-state index in [1.807, 2.05) is 0 Å². The zero-order chi connectivity index (χ0) is 19.3. The molecule has 164 valence electrons. The molecule has 0 aromatic heterocycles. The molecule has 4 saturated carbocycles. The maximum absolute atomic E-state index is 3.34. The molecule has 0 heterocycles. The van der Waals surface area contributed by atoms with Crippen molar-refractivity contribution in [1.82, 2.24) is 0 Å². The summed E-state index contributed by atoms with van der Waals surface area (Å²) in [6, 6.07) is 0. The van der Waals surface area contributed by atoms with Crippen LogP contribution in [-0.2, 0) is 24.2 Å². The first-order chi connectivity index (χ1) is 13.9. The van der Waals surface area contributed by atoms with Gasteiger partial charge in [-0.05, 0) is 11.8 Å². The van der Waals surface area contributed by atoms with Crippen LogP contribution in [0.3, 0.4) is 0 Å². The molecule has 0 aromatic carbocycles. The standard InChI is InChI=1S/2C13H17.CH2.2ClH.Zr/c2*1-3-7-12-10(5-1)9-11-6-2-4-8-13(11)12;;;;/h2*1,3,5,7,9-13H,2,4,6,8H2;1H2;2*1H;/q2*-1;;;;+2/p-2. The van der Waals surface area contributed by atoms with Gasteiger partial charge in [0.25, 0.3) is 0 Å². The van der Waals surface area contributed by atoms with Gasteiger partial charge in [0.1, 0.15) is 0 Å². The molecule has 8 atom stereocenters. The van der Waals surface area contributed by atoms with Crippen LogP contribution in [0.1, 0.15) is 51.4 Å². The first-order valence-electron chi connectivity index (χ1n) is 11.7. The Bertz CT molecular complexity index is 583. The summed E-state index contributed by atoms with van der Waals surface area (Å²) < 4.78 is 3.34. The Morgan fingerprint density at radius 1 is 0.567 bits per heavy atom. The second-order valence-electron chi connectivity index (χ2n) is 9.46. The van der Waals surface area contributed by atoms with E-state index in [9.17, 15) is 0 Å². The summed E-state index contributed by atoms with van der Waals surface area (Å²) in [5.74, 6) is 7.12. The SMILES string of the molecule is C1=CC2[CH-]C3CCCCC3C2C=C1.C1=CC2[CH-]C3CCCCC3C2C=C1.[CH2]=[Zr+2].[Cl-].[Cl-]. The molecular formula is C27H36Cl2Zr-2. The summed E-state index contributed by atoms with van der Waals surface area (Å²) in [4.78, 5) is 0. The van der Waals surface area contributed by atoms with Crippen molar-refractivity contribution in [3.63, 3.8) is 0 Å². The van der Waals surface area contributed by atoms with Crippen LogP contribution in [0.15, 0.2) is 48.6 Å². The monoisotopic (exact) mass is 520 g/mol. The fourth-order valence-electron chi connectivity index (χ4n) is 6.91. The fourth-order valence-corrected chi connectivity index (χ4v) is 6.91. The summed E-state index contributed by atoms with van der Waals surface area (Å²) in [7, 11) is 0. The minimum Gasteiger partial charge on any atom is -1.00 e. The molecule has 4 fully saturated rings. The van der Waals surface area contributed by atoms with E-state index >= 15 is 0 Å². The van der Waals surface area contributed by atoms with Crippen molar-refractivity contribution >= 4 is 4.21 Å². The van der Waals surface area contributed by atoms with Gasteiger partial charge in [-0.2, -0.15) is 11.8 Å². The van der Waals surface area contributed by atoms with Crippen molar-refractivity contribution in [1.29, 1.82) is 0 Å². The van der Waals surface area contributed by atoms with Crippen molar-refractivity contribution in [3.05, 3.63) is 61.4 Å². The zero-order valence-corrected chi connectivity index (χ0v) is 22.0. The van der Waals surface area contributed by atoms with E-state index in [2.05, 4.69) is 65.7 Å². The topological polar surface area (TPSA) is 0 Å². The van der Waals surface area contributed by atoms with Crippen molar-refractivity contribution in [2.45, 2.75) is 51.4 Å². The molecule has 6 aliphatic carbocycles. The molecule has 0 spiro atoms. The van der Waals surface area contributed by atoms with E-state index in [0.29, 0.717) is 0 Å². The van der Waals surface area contributed by atoms with Gasteiger partial charge in [0.2, 0.25) is 0 Å². The molecule has 0 amide bonds. The van der Waals surface area contributed by atoms with Crippen LogP contribution in [0.5, 0.6) is 0 Å². The molecule has 6 rings (SSSR count). The van der Waals surface area contributed by atoms with E-state index in [1.54, 1.807) is 0 Å². The Hall–Kier alpha value is 0.293. The van der Waals surface area contributed by atoms with E-state index in [0.717, 1.165) is 47.3 Å². The first-order valence-corrected chi connectivity index (χ1v) is 13.4. The van der Waals surface area contributed by atoms with E-state index in [1.165, 1.54) is 75.6 Å². The maximum Gasteiger partial charge on any atom is -1.00 e. The molecular weight excluding hydrogens is 486 g/mol. The second kappa shape index (κ2) is 13.1. The molecule has 0 bridgehead atoms.